The van der Waals surface area contributed by atoms with Gasteiger partial charge in [0.15, 0.2) is 0 Å². The quantitative estimate of drug-likeness (QED) is 0.766. The molecule has 0 aliphatic rings. The number of halogens is 1. The van der Waals surface area contributed by atoms with Gasteiger partial charge in [0, 0.05) is 20.6 Å². The summed E-state index contributed by atoms with van der Waals surface area (Å²) in [4.78, 5) is 13.5. The molecule has 5 nitrogen and oxygen atoms in total. The second-order valence-electron chi connectivity index (χ2n) is 3.65. The number of hydrogen-bond acceptors (Lipinski definition) is 4. The van der Waals surface area contributed by atoms with Gasteiger partial charge in [0.05, 0.1) is 11.9 Å². The van der Waals surface area contributed by atoms with Crippen molar-refractivity contribution >= 4 is 17.3 Å². The fourth-order valence-corrected chi connectivity index (χ4v) is 1.70. The van der Waals surface area contributed by atoms with Gasteiger partial charge in [-0.3, -0.25) is 4.79 Å². The minimum Gasteiger partial charge on any atom is -0.372 e. The van der Waals surface area contributed by atoms with Gasteiger partial charge in [0.2, 0.25) is 0 Å². The van der Waals surface area contributed by atoms with Crippen molar-refractivity contribution in [2.24, 2.45) is 7.05 Å². The van der Waals surface area contributed by atoms with Crippen molar-refractivity contribution in [2.75, 3.05) is 32.1 Å². The van der Waals surface area contributed by atoms with Crippen LogP contribution in [0.2, 0.25) is 5.02 Å². The molecule has 1 N–H and O–H groups in total. The monoisotopic (exact) mass is 244 g/mol. The predicted octanol–water partition coefficient (Wildman–Crippen LogP) is 0.479. The molecule has 0 saturated carbocycles. The Balaban J connectivity index is 2.80. The second-order valence-corrected chi connectivity index (χ2v) is 4.03. The van der Waals surface area contributed by atoms with E-state index in [4.69, 9.17) is 11.6 Å². The fourth-order valence-electron chi connectivity index (χ4n) is 1.38. The number of aryl methyl sites for hydroxylation is 1. The molecule has 0 amide bonds. The lowest BCUT2D eigenvalue weighted by atomic mass is 10.3. The van der Waals surface area contributed by atoms with Crippen molar-refractivity contribution in [2.45, 2.75) is 6.42 Å². The van der Waals surface area contributed by atoms with E-state index in [9.17, 15) is 4.79 Å². The van der Waals surface area contributed by atoms with Crippen LogP contribution < -0.4 is 15.8 Å². The summed E-state index contributed by atoms with van der Waals surface area (Å²) in [5, 5.41) is 7.25. The van der Waals surface area contributed by atoms with Crippen molar-refractivity contribution in [1.82, 2.24) is 15.1 Å². The van der Waals surface area contributed by atoms with Gasteiger partial charge in [-0.05, 0) is 20.0 Å². The molecule has 1 heterocycles. The van der Waals surface area contributed by atoms with Crippen LogP contribution in [0.25, 0.3) is 0 Å². The molecule has 0 atom stereocenters. The Morgan fingerprint density at radius 3 is 2.94 bits per heavy atom. The highest BCUT2D eigenvalue weighted by atomic mass is 35.5. The summed E-state index contributed by atoms with van der Waals surface area (Å²) in [7, 11) is 5.39. The molecule has 16 heavy (non-hydrogen) atoms. The summed E-state index contributed by atoms with van der Waals surface area (Å²) in [5.74, 6) is 0. The molecule has 0 aromatic carbocycles. The Bertz CT molecular complexity index is 404. The van der Waals surface area contributed by atoms with Crippen LogP contribution >= 0.6 is 11.6 Å². The molecule has 0 aliphatic heterocycles. The summed E-state index contributed by atoms with van der Waals surface area (Å²) in [6.07, 6.45) is 2.60. The van der Waals surface area contributed by atoms with Crippen molar-refractivity contribution in [3.63, 3.8) is 0 Å². The molecule has 0 aliphatic carbocycles. The molecule has 90 valence electrons. The van der Waals surface area contributed by atoms with Gasteiger partial charge >= 0.3 is 0 Å². The zero-order valence-corrected chi connectivity index (χ0v) is 10.6. The highest BCUT2D eigenvalue weighted by Gasteiger charge is 2.10. The van der Waals surface area contributed by atoms with E-state index in [1.54, 1.807) is 13.2 Å². The lowest BCUT2D eigenvalue weighted by molar-refractivity contribution is 0.690. The fraction of sp³-hybridized carbons (Fsp3) is 0.600. The molecule has 0 saturated heterocycles. The van der Waals surface area contributed by atoms with Crippen LogP contribution in [-0.4, -0.2) is 37.0 Å². The summed E-state index contributed by atoms with van der Waals surface area (Å²) in [6, 6.07) is 0. The maximum absolute atomic E-state index is 11.6. The average Bonchev–Trinajstić information content (AvgIpc) is 2.26. The minimum atomic E-state index is -0.264. The molecule has 0 fully saturated rings. The number of nitrogens with one attached hydrogen (secondary N) is 1. The van der Waals surface area contributed by atoms with Gasteiger partial charge in [-0.1, -0.05) is 11.6 Å². The van der Waals surface area contributed by atoms with Crippen LogP contribution in [-0.2, 0) is 7.05 Å². The first-order chi connectivity index (χ1) is 7.57. The van der Waals surface area contributed by atoms with Crippen molar-refractivity contribution in [3.05, 3.63) is 21.6 Å². The van der Waals surface area contributed by atoms with Crippen molar-refractivity contribution < 1.29 is 0 Å². The molecule has 6 heteroatoms. The predicted molar refractivity (Wildman–Crippen MR) is 66.3 cm³/mol. The Morgan fingerprint density at radius 1 is 1.62 bits per heavy atom. The standard InChI is InChI=1S/C10H17ClN4O/c1-12-5-4-6-14(2)8-7-13-15(3)10(16)9(8)11/h7,12H,4-6H2,1-3H3. The molecular formula is C10H17ClN4O. The van der Waals surface area contributed by atoms with Gasteiger partial charge in [-0.15, -0.1) is 0 Å². The first-order valence-electron chi connectivity index (χ1n) is 5.15. The minimum absolute atomic E-state index is 0.226. The average molecular weight is 245 g/mol. The van der Waals surface area contributed by atoms with Crippen LogP contribution in [0.3, 0.4) is 0 Å². The van der Waals surface area contributed by atoms with Gasteiger partial charge in [0.25, 0.3) is 5.56 Å². The van der Waals surface area contributed by atoms with Crippen LogP contribution in [0.4, 0.5) is 5.69 Å². The summed E-state index contributed by atoms with van der Waals surface area (Å²) < 4.78 is 1.23. The zero-order valence-electron chi connectivity index (χ0n) is 9.83. The van der Waals surface area contributed by atoms with Gasteiger partial charge < -0.3 is 10.2 Å². The van der Waals surface area contributed by atoms with Crippen LogP contribution in [0, 0.1) is 0 Å². The SMILES string of the molecule is CNCCCN(C)c1cnn(C)c(=O)c1Cl. The van der Waals surface area contributed by atoms with Gasteiger partial charge in [0.1, 0.15) is 5.02 Å². The van der Waals surface area contributed by atoms with Crippen molar-refractivity contribution in [3.8, 4) is 0 Å². The van der Waals surface area contributed by atoms with Gasteiger partial charge in [-0.25, -0.2) is 4.68 Å². The second kappa shape index (κ2) is 5.86. The summed E-state index contributed by atoms with van der Waals surface area (Å²) in [6.45, 7) is 1.76. The molecular weight excluding hydrogens is 228 g/mol. The Morgan fingerprint density at radius 2 is 2.31 bits per heavy atom. The number of aromatic nitrogens is 2. The first-order valence-corrected chi connectivity index (χ1v) is 5.53. The molecule has 1 aromatic heterocycles. The zero-order chi connectivity index (χ0) is 12.1. The highest BCUT2D eigenvalue weighted by Crippen LogP contribution is 2.19. The van der Waals surface area contributed by atoms with E-state index < -0.39 is 0 Å². The number of rotatable bonds is 5. The summed E-state index contributed by atoms with van der Waals surface area (Å²) in [5.41, 5.74) is 0.417. The molecule has 0 unspecified atom stereocenters. The van der Waals surface area contributed by atoms with Crippen LogP contribution in [0.1, 0.15) is 6.42 Å². The van der Waals surface area contributed by atoms with Crippen molar-refractivity contribution in [1.29, 1.82) is 0 Å². The lowest BCUT2D eigenvalue weighted by Gasteiger charge is -2.19. The first kappa shape index (κ1) is 13.0. The number of anilines is 1. The number of nitrogens with zero attached hydrogens (tertiary/aromatic N) is 3. The topological polar surface area (TPSA) is 50.2 Å². The molecule has 0 bridgehead atoms. The Labute approximate surface area is 100 Å². The molecule has 0 radical (unpaired) electrons. The van der Waals surface area contributed by atoms with E-state index in [0.717, 1.165) is 19.5 Å². The lowest BCUT2D eigenvalue weighted by Crippen LogP contribution is -2.27. The maximum Gasteiger partial charge on any atom is 0.287 e. The van der Waals surface area contributed by atoms with E-state index in [1.807, 2.05) is 19.0 Å². The van der Waals surface area contributed by atoms with Crippen LogP contribution in [0.5, 0.6) is 0 Å². The van der Waals surface area contributed by atoms with E-state index in [-0.39, 0.29) is 10.6 Å². The van der Waals surface area contributed by atoms with E-state index in [1.165, 1.54) is 4.68 Å². The third-order valence-electron chi connectivity index (χ3n) is 2.39. The van der Waals surface area contributed by atoms with E-state index >= 15 is 0 Å². The molecule has 0 spiro atoms. The Kier molecular flexibility index (Phi) is 4.76. The normalized spacial score (nSPS) is 10.5. The highest BCUT2D eigenvalue weighted by molar-refractivity contribution is 6.32. The summed E-state index contributed by atoms with van der Waals surface area (Å²) >= 11 is 5.98. The smallest absolute Gasteiger partial charge is 0.287 e. The van der Waals surface area contributed by atoms with Gasteiger partial charge in [-0.2, -0.15) is 5.10 Å². The molecule has 1 rings (SSSR count). The van der Waals surface area contributed by atoms with E-state index in [2.05, 4.69) is 10.4 Å². The number of hydrogen-bond donors (Lipinski definition) is 1. The maximum atomic E-state index is 11.6. The van der Waals surface area contributed by atoms with Crippen LogP contribution in [0.15, 0.2) is 11.0 Å². The van der Waals surface area contributed by atoms with E-state index in [0.29, 0.717) is 5.69 Å². The molecule has 1 aromatic rings. The largest absolute Gasteiger partial charge is 0.372 e. The Hall–Kier alpha value is -1.07. The third-order valence-corrected chi connectivity index (χ3v) is 2.75. The third kappa shape index (κ3) is 2.96.